The summed E-state index contributed by atoms with van der Waals surface area (Å²) in [5, 5.41) is 1.57. The van der Waals surface area contributed by atoms with E-state index in [9.17, 15) is 8.78 Å². The molecule has 114 valence electrons. The van der Waals surface area contributed by atoms with Crippen LogP contribution in [0.25, 0.3) is 0 Å². The third-order valence-electron chi connectivity index (χ3n) is 3.62. The molecule has 4 nitrogen and oxygen atoms in total. The van der Waals surface area contributed by atoms with Crippen molar-refractivity contribution < 1.29 is 18.4 Å². The highest BCUT2D eigenvalue weighted by atomic mass is 19.3. The number of halogens is 2. The molecule has 0 aromatic heterocycles. The standard InChI is InChI=1S/C14H22F2N2O2/c1-14(10-17(2)3)6-11(7-14)8-18-9-12(4-5-19-18)20-13(15)16/h4-5,9,11,13H,6-8,10H2,1-3H3. The fourth-order valence-corrected chi connectivity index (χ4v) is 3.27. The first-order chi connectivity index (χ1) is 9.36. The van der Waals surface area contributed by atoms with Gasteiger partial charge in [-0.1, -0.05) is 6.92 Å². The molecule has 6 heteroatoms. The zero-order valence-electron chi connectivity index (χ0n) is 12.2. The van der Waals surface area contributed by atoms with E-state index in [4.69, 9.17) is 4.84 Å². The second-order valence-corrected chi connectivity index (χ2v) is 6.24. The summed E-state index contributed by atoms with van der Waals surface area (Å²) < 4.78 is 28.7. The van der Waals surface area contributed by atoms with Crippen LogP contribution in [0.1, 0.15) is 19.8 Å². The van der Waals surface area contributed by atoms with Gasteiger partial charge in [-0.2, -0.15) is 8.78 Å². The van der Waals surface area contributed by atoms with E-state index in [2.05, 4.69) is 30.7 Å². The van der Waals surface area contributed by atoms with Gasteiger partial charge < -0.3 is 14.5 Å². The average Bonchev–Trinajstić information content (AvgIpc) is 2.25. The zero-order chi connectivity index (χ0) is 14.8. The molecule has 0 aromatic rings. The SMILES string of the molecule is CN(C)CC1(C)CC(CN2C=C(OC(F)F)C=CO2)C1. The van der Waals surface area contributed by atoms with Crippen molar-refractivity contribution >= 4 is 0 Å². The topological polar surface area (TPSA) is 24.9 Å². The van der Waals surface area contributed by atoms with Gasteiger partial charge in [-0.15, -0.1) is 0 Å². The molecular formula is C14H22F2N2O2. The molecular weight excluding hydrogens is 266 g/mol. The fraction of sp³-hybridized carbons (Fsp3) is 0.714. The lowest BCUT2D eigenvalue weighted by molar-refractivity contribution is -0.119. The van der Waals surface area contributed by atoms with E-state index in [0.717, 1.165) is 19.4 Å². The Bertz CT molecular complexity index is 391. The smallest absolute Gasteiger partial charge is 0.387 e. The maximum absolute atomic E-state index is 12.1. The number of nitrogens with zero attached hydrogens (tertiary/aromatic N) is 2. The molecule has 0 N–H and O–H groups in total. The number of hydrogen-bond donors (Lipinski definition) is 0. The highest BCUT2D eigenvalue weighted by molar-refractivity contribution is 5.11. The normalized spacial score (nSPS) is 29.2. The van der Waals surface area contributed by atoms with Crippen molar-refractivity contribution in [2.45, 2.75) is 26.4 Å². The van der Waals surface area contributed by atoms with E-state index in [0.29, 0.717) is 17.9 Å². The number of allylic oxidation sites excluding steroid dienone is 1. The van der Waals surface area contributed by atoms with E-state index in [-0.39, 0.29) is 5.76 Å². The first kappa shape index (κ1) is 15.1. The predicted octanol–water partition coefficient (Wildman–Crippen LogP) is 2.81. The van der Waals surface area contributed by atoms with Crippen LogP contribution >= 0.6 is 0 Å². The van der Waals surface area contributed by atoms with Gasteiger partial charge in [-0.05, 0) is 38.3 Å². The minimum atomic E-state index is -2.81. The second kappa shape index (κ2) is 5.99. The summed E-state index contributed by atoms with van der Waals surface area (Å²) in [5.74, 6) is 0.650. The Labute approximate surface area is 118 Å². The number of hydroxylamine groups is 2. The van der Waals surface area contributed by atoms with Crippen molar-refractivity contribution in [1.82, 2.24) is 9.96 Å². The molecule has 1 saturated carbocycles. The van der Waals surface area contributed by atoms with Gasteiger partial charge in [0.1, 0.15) is 12.0 Å². The van der Waals surface area contributed by atoms with Gasteiger partial charge in [0.25, 0.3) is 0 Å². The van der Waals surface area contributed by atoms with Gasteiger partial charge >= 0.3 is 6.61 Å². The van der Waals surface area contributed by atoms with Crippen molar-refractivity contribution in [2.24, 2.45) is 11.3 Å². The molecule has 1 heterocycles. The average molecular weight is 288 g/mol. The van der Waals surface area contributed by atoms with Crippen LogP contribution < -0.4 is 0 Å². The number of ether oxygens (including phenoxy) is 1. The van der Waals surface area contributed by atoms with Crippen molar-refractivity contribution in [3.05, 3.63) is 24.3 Å². The van der Waals surface area contributed by atoms with Crippen LogP contribution in [0.15, 0.2) is 24.3 Å². The van der Waals surface area contributed by atoms with Crippen LogP contribution in [0, 0.1) is 11.3 Å². The van der Waals surface area contributed by atoms with Gasteiger partial charge in [0, 0.05) is 12.6 Å². The first-order valence-corrected chi connectivity index (χ1v) is 6.78. The van der Waals surface area contributed by atoms with E-state index in [1.807, 2.05) is 0 Å². The van der Waals surface area contributed by atoms with Gasteiger partial charge in [-0.3, -0.25) is 0 Å². The molecule has 20 heavy (non-hydrogen) atoms. The summed E-state index contributed by atoms with van der Waals surface area (Å²) >= 11 is 0. The molecule has 1 fully saturated rings. The van der Waals surface area contributed by atoms with Crippen LogP contribution in [-0.2, 0) is 9.57 Å². The second-order valence-electron chi connectivity index (χ2n) is 6.24. The van der Waals surface area contributed by atoms with Crippen LogP contribution in [0.5, 0.6) is 0 Å². The summed E-state index contributed by atoms with van der Waals surface area (Å²) in [5.41, 5.74) is 0.353. The minimum Gasteiger partial charge on any atom is -0.433 e. The molecule has 0 spiro atoms. The highest BCUT2D eigenvalue weighted by Crippen LogP contribution is 2.46. The Hall–Kier alpha value is -1.30. The lowest BCUT2D eigenvalue weighted by Gasteiger charge is -2.47. The lowest BCUT2D eigenvalue weighted by atomic mass is 9.63. The quantitative estimate of drug-likeness (QED) is 0.750. The van der Waals surface area contributed by atoms with Gasteiger partial charge in [0.15, 0.2) is 0 Å². The lowest BCUT2D eigenvalue weighted by Crippen LogP contribution is -2.45. The van der Waals surface area contributed by atoms with Gasteiger partial charge in [0.05, 0.1) is 12.7 Å². The Kier molecular flexibility index (Phi) is 4.52. The van der Waals surface area contributed by atoms with Crippen LogP contribution in [0.3, 0.4) is 0 Å². The summed E-state index contributed by atoms with van der Waals surface area (Å²) in [7, 11) is 4.15. The van der Waals surface area contributed by atoms with E-state index in [1.165, 1.54) is 18.5 Å². The molecule has 2 aliphatic rings. The summed E-state index contributed by atoms with van der Waals surface area (Å²) in [6.07, 6.45) is 6.48. The molecule has 0 aromatic carbocycles. The van der Waals surface area contributed by atoms with Gasteiger partial charge in [0.2, 0.25) is 0 Å². The number of rotatable bonds is 6. The Morgan fingerprint density at radius 1 is 1.50 bits per heavy atom. The summed E-state index contributed by atoms with van der Waals surface area (Å²) in [6.45, 7) is 1.24. The molecule has 0 atom stereocenters. The zero-order valence-corrected chi connectivity index (χ0v) is 12.2. The Balaban J connectivity index is 1.78. The number of alkyl halides is 2. The molecule has 0 radical (unpaired) electrons. The van der Waals surface area contributed by atoms with Crippen LogP contribution in [0.2, 0.25) is 0 Å². The Morgan fingerprint density at radius 2 is 2.20 bits per heavy atom. The summed E-state index contributed by atoms with van der Waals surface area (Å²) in [6, 6.07) is 0. The summed E-state index contributed by atoms with van der Waals surface area (Å²) in [4.78, 5) is 7.49. The monoisotopic (exact) mass is 288 g/mol. The van der Waals surface area contributed by atoms with Crippen molar-refractivity contribution in [2.75, 3.05) is 27.2 Å². The fourth-order valence-electron chi connectivity index (χ4n) is 3.27. The third-order valence-corrected chi connectivity index (χ3v) is 3.62. The van der Waals surface area contributed by atoms with Crippen LogP contribution in [0.4, 0.5) is 8.78 Å². The largest absolute Gasteiger partial charge is 0.433 e. The van der Waals surface area contributed by atoms with Crippen molar-refractivity contribution in [3.8, 4) is 0 Å². The molecule has 2 rings (SSSR count). The molecule has 1 aliphatic heterocycles. The Morgan fingerprint density at radius 3 is 2.80 bits per heavy atom. The third kappa shape index (κ3) is 4.10. The predicted molar refractivity (Wildman–Crippen MR) is 71.5 cm³/mol. The maximum atomic E-state index is 12.1. The highest BCUT2D eigenvalue weighted by Gasteiger charge is 2.41. The minimum absolute atomic E-state index is 0.127. The van der Waals surface area contributed by atoms with Crippen molar-refractivity contribution in [1.29, 1.82) is 0 Å². The molecule has 0 amide bonds. The molecule has 0 bridgehead atoms. The molecule has 0 saturated heterocycles. The van der Waals surface area contributed by atoms with Crippen molar-refractivity contribution in [3.63, 3.8) is 0 Å². The number of hydrogen-bond acceptors (Lipinski definition) is 4. The molecule has 0 unspecified atom stereocenters. The molecule has 1 aliphatic carbocycles. The van der Waals surface area contributed by atoms with E-state index < -0.39 is 6.61 Å². The maximum Gasteiger partial charge on any atom is 0.387 e. The first-order valence-electron chi connectivity index (χ1n) is 6.78. The van der Waals surface area contributed by atoms with E-state index in [1.54, 1.807) is 5.06 Å². The van der Waals surface area contributed by atoms with E-state index >= 15 is 0 Å². The van der Waals surface area contributed by atoms with Crippen LogP contribution in [-0.4, -0.2) is 43.8 Å². The van der Waals surface area contributed by atoms with Gasteiger partial charge in [-0.25, -0.2) is 5.06 Å².